The highest BCUT2D eigenvalue weighted by atomic mass is 16.3. The van der Waals surface area contributed by atoms with E-state index in [9.17, 15) is 9.59 Å². The van der Waals surface area contributed by atoms with E-state index in [1.54, 1.807) is 25.8 Å². The summed E-state index contributed by atoms with van der Waals surface area (Å²) in [5, 5.41) is 11.8. The van der Waals surface area contributed by atoms with Gasteiger partial charge in [0.25, 0.3) is 0 Å². The molecule has 0 unspecified atom stereocenters. The van der Waals surface area contributed by atoms with E-state index in [1.807, 2.05) is 30.3 Å². The van der Waals surface area contributed by atoms with E-state index in [-0.39, 0.29) is 24.8 Å². The fraction of sp³-hybridized carbons (Fsp3) is 0.500. The van der Waals surface area contributed by atoms with E-state index in [2.05, 4.69) is 5.32 Å². The number of aliphatic hydroxyl groups excluding tert-OH is 1. The molecule has 0 aliphatic rings. The van der Waals surface area contributed by atoms with E-state index in [0.717, 1.165) is 5.69 Å². The number of anilines is 1. The minimum absolute atomic E-state index is 0.0181. The largest absolute Gasteiger partial charge is 0.394 e. The van der Waals surface area contributed by atoms with Crippen LogP contribution in [0.25, 0.3) is 0 Å². The lowest BCUT2D eigenvalue weighted by atomic mass is 10.1. The molecule has 0 bridgehead atoms. The van der Waals surface area contributed by atoms with E-state index in [1.165, 1.54) is 0 Å². The van der Waals surface area contributed by atoms with Gasteiger partial charge in [0.05, 0.1) is 12.1 Å². The Labute approximate surface area is 126 Å². The lowest BCUT2D eigenvalue weighted by Crippen LogP contribution is -2.46. The van der Waals surface area contributed by atoms with E-state index in [4.69, 9.17) is 5.11 Å². The SMILES string of the molecule is CN(C(=O)CCCC(=O)NC(C)(C)CO)c1ccccc1. The van der Waals surface area contributed by atoms with Gasteiger partial charge in [-0.3, -0.25) is 9.59 Å². The molecule has 116 valence electrons. The Bertz CT molecular complexity index is 472. The first-order chi connectivity index (χ1) is 9.85. The molecule has 1 aromatic carbocycles. The van der Waals surface area contributed by atoms with E-state index < -0.39 is 5.54 Å². The lowest BCUT2D eigenvalue weighted by Gasteiger charge is -2.23. The molecule has 0 aliphatic carbocycles. The fourth-order valence-corrected chi connectivity index (χ4v) is 1.84. The Hall–Kier alpha value is -1.88. The van der Waals surface area contributed by atoms with Crippen LogP contribution in [0.15, 0.2) is 30.3 Å². The Morgan fingerprint density at radius 1 is 1.19 bits per heavy atom. The molecule has 0 heterocycles. The van der Waals surface area contributed by atoms with Crippen LogP contribution in [0.4, 0.5) is 5.69 Å². The third-order valence-electron chi connectivity index (χ3n) is 3.19. The predicted octanol–water partition coefficient (Wildman–Crippen LogP) is 1.71. The second-order valence-electron chi connectivity index (χ2n) is 5.73. The number of para-hydroxylation sites is 1. The number of carbonyl (C=O) groups excluding carboxylic acids is 2. The van der Waals surface area contributed by atoms with Crippen molar-refractivity contribution in [2.75, 3.05) is 18.6 Å². The number of hydrogen-bond donors (Lipinski definition) is 2. The average Bonchev–Trinajstić information content (AvgIpc) is 2.46. The molecule has 1 aromatic rings. The summed E-state index contributed by atoms with van der Waals surface area (Å²) in [6, 6.07) is 9.39. The molecule has 0 aliphatic heterocycles. The van der Waals surface area contributed by atoms with Crippen LogP contribution in [0.3, 0.4) is 0 Å². The summed E-state index contributed by atoms with van der Waals surface area (Å²) >= 11 is 0. The number of hydrogen-bond acceptors (Lipinski definition) is 3. The molecule has 5 heteroatoms. The smallest absolute Gasteiger partial charge is 0.226 e. The van der Waals surface area contributed by atoms with E-state index in [0.29, 0.717) is 12.8 Å². The third kappa shape index (κ3) is 5.95. The molecule has 0 spiro atoms. The van der Waals surface area contributed by atoms with Crippen LogP contribution in [0, 0.1) is 0 Å². The maximum absolute atomic E-state index is 12.0. The Morgan fingerprint density at radius 2 is 1.81 bits per heavy atom. The Morgan fingerprint density at radius 3 is 2.38 bits per heavy atom. The van der Waals surface area contributed by atoms with Gasteiger partial charge in [0, 0.05) is 25.6 Å². The average molecular weight is 292 g/mol. The molecule has 0 saturated carbocycles. The van der Waals surface area contributed by atoms with Crippen molar-refractivity contribution in [2.45, 2.75) is 38.6 Å². The summed E-state index contributed by atoms with van der Waals surface area (Å²) in [7, 11) is 1.73. The zero-order chi connectivity index (χ0) is 15.9. The molecule has 0 atom stereocenters. The number of aliphatic hydroxyl groups is 1. The molecule has 0 aromatic heterocycles. The van der Waals surface area contributed by atoms with Crippen molar-refractivity contribution in [3.63, 3.8) is 0 Å². The van der Waals surface area contributed by atoms with Crippen molar-refractivity contribution in [2.24, 2.45) is 0 Å². The van der Waals surface area contributed by atoms with Gasteiger partial charge in [0.15, 0.2) is 0 Å². The Balaban J connectivity index is 2.35. The van der Waals surface area contributed by atoms with Crippen LogP contribution >= 0.6 is 0 Å². The minimum atomic E-state index is -0.623. The molecule has 0 saturated heterocycles. The molecule has 2 amide bonds. The minimum Gasteiger partial charge on any atom is -0.394 e. The van der Waals surface area contributed by atoms with Gasteiger partial charge in [0.2, 0.25) is 11.8 Å². The van der Waals surface area contributed by atoms with Crippen LogP contribution in [0.2, 0.25) is 0 Å². The second-order valence-corrected chi connectivity index (χ2v) is 5.73. The summed E-state index contributed by atoms with van der Waals surface area (Å²) in [6.07, 6.45) is 1.08. The topological polar surface area (TPSA) is 69.6 Å². The summed E-state index contributed by atoms with van der Waals surface area (Å²) in [5.41, 5.74) is 0.218. The van der Waals surface area contributed by atoms with Gasteiger partial charge in [-0.1, -0.05) is 18.2 Å². The normalized spacial score (nSPS) is 11.0. The molecule has 2 N–H and O–H groups in total. The van der Waals surface area contributed by atoms with Crippen molar-refractivity contribution in [1.29, 1.82) is 0 Å². The maximum atomic E-state index is 12.0. The van der Waals surface area contributed by atoms with Crippen molar-refractivity contribution in [1.82, 2.24) is 5.32 Å². The van der Waals surface area contributed by atoms with Crippen LogP contribution in [-0.4, -0.2) is 36.1 Å². The third-order valence-corrected chi connectivity index (χ3v) is 3.19. The van der Waals surface area contributed by atoms with Gasteiger partial charge < -0.3 is 15.3 Å². The number of nitrogens with zero attached hydrogens (tertiary/aromatic N) is 1. The summed E-state index contributed by atoms with van der Waals surface area (Å²) in [5.74, 6) is -0.167. The maximum Gasteiger partial charge on any atom is 0.226 e. The van der Waals surface area contributed by atoms with E-state index >= 15 is 0 Å². The van der Waals surface area contributed by atoms with Crippen LogP contribution < -0.4 is 10.2 Å². The van der Waals surface area contributed by atoms with Crippen molar-refractivity contribution in [3.8, 4) is 0 Å². The molecule has 1 rings (SSSR count). The summed E-state index contributed by atoms with van der Waals surface area (Å²) in [4.78, 5) is 25.3. The van der Waals surface area contributed by atoms with Crippen molar-refractivity contribution >= 4 is 17.5 Å². The molecule has 0 fully saturated rings. The highest BCUT2D eigenvalue weighted by Gasteiger charge is 2.19. The first kappa shape index (κ1) is 17.2. The molecule has 5 nitrogen and oxygen atoms in total. The van der Waals surface area contributed by atoms with Gasteiger partial charge >= 0.3 is 0 Å². The number of rotatable bonds is 7. The number of benzene rings is 1. The van der Waals surface area contributed by atoms with Gasteiger partial charge in [0.1, 0.15) is 0 Å². The standard InChI is InChI=1S/C16H24N2O3/c1-16(2,12-19)17-14(20)10-7-11-15(21)18(3)13-8-5-4-6-9-13/h4-6,8-9,19H,7,10-12H2,1-3H3,(H,17,20). The number of nitrogens with one attached hydrogen (secondary N) is 1. The quantitative estimate of drug-likeness (QED) is 0.803. The molecule has 0 radical (unpaired) electrons. The zero-order valence-corrected chi connectivity index (χ0v) is 12.9. The summed E-state index contributed by atoms with van der Waals surface area (Å²) in [6.45, 7) is 3.38. The molecular formula is C16H24N2O3. The van der Waals surface area contributed by atoms with Gasteiger partial charge in [-0.2, -0.15) is 0 Å². The lowest BCUT2D eigenvalue weighted by molar-refractivity contribution is -0.123. The summed E-state index contributed by atoms with van der Waals surface area (Å²) < 4.78 is 0. The monoisotopic (exact) mass is 292 g/mol. The van der Waals surface area contributed by atoms with Crippen molar-refractivity contribution < 1.29 is 14.7 Å². The highest BCUT2D eigenvalue weighted by Crippen LogP contribution is 2.13. The molecular weight excluding hydrogens is 268 g/mol. The van der Waals surface area contributed by atoms with Gasteiger partial charge in [-0.25, -0.2) is 0 Å². The highest BCUT2D eigenvalue weighted by molar-refractivity contribution is 5.93. The van der Waals surface area contributed by atoms with Crippen LogP contribution in [0.5, 0.6) is 0 Å². The second kappa shape index (κ2) is 7.78. The fourth-order valence-electron chi connectivity index (χ4n) is 1.84. The molecule has 21 heavy (non-hydrogen) atoms. The number of carbonyl (C=O) groups is 2. The number of amides is 2. The zero-order valence-electron chi connectivity index (χ0n) is 12.9. The van der Waals surface area contributed by atoms with Crippen molar-refractivity contribution in [3.05, 3.63) is 30.3 Å². The Kier molecular flexibility index (Phi) is 6.37. The van der Waals surface area contributed by atoms with Gasteiger partial charge in [-0.15, -0.1) is 0 Å². The predicted molar refractivity (Wildman–Crippen MR) is 83.0 cm³/mol. The van der Waals surface area contributed by atoms with Crippen LogP contribution in [-0.2, 0) is 9.59 Å². The first-order valence-corrected chi connectivity index (χ1v) is 7.09. The van der Waals surface area contributed by atoms with Crippen LogP contribution in [0.1, 0.15) is 33.1 Å². The van der Waals surface area contributed by atoms with Gasteiger partial charge in [-0.05, 0) is 32.4 Å². The first-order valence-electron chi connectivity index (χ1n) is 7.09.